The molecule has 0 saturated heterocycles. The molecule has 0 radical (unpaired) electrons. The monoisotopic (exact) mass is 1390 g/mol. The molecule has 0 aliphatic heterocycles. The Bertz CT molecular complexity index is 3180. The minimum Gasteiger partial charge on any atom is -0.354 e. The largest absolute Gasteiger partial charge is 0.354 e. The molecule has 0 aliphatic carbocycles. The van der Waals surface area contributed by atoms with Crippen LogP contribution in [0.15, 0.2) is 46.4 Å². The number of aromatic nitrogens is 21. The van der Waals surface area contributed by atoms with Crippen molar-refractivity contribution in [2.75, 3.05) is 151 Å². The summed E-state index contributed by atoms with van der Waals surface area (Å²) in [5.41, 5.74) is 0. The van der Waals surface area contributed by atoms with E-state index in [1.165, 1.54) is 35.3 Å². The van der Waals surface area contributed by atoms with Crippen LogP contribution in [0.3, 0.4) is 0 Å². The molecular formula is C49H75N31S9. The fourth-order valence-corrected chi connectivity index (χ4v) is 12.2. The molecule has 31 nitrogen and oxygen atoms in total. The van der Waals surface area contributed by atoms with Gasteiger partial charge in [0.1, 0.15) is 5.82 Å². The average Bonchev–Trinajstić information content (AvgIpc) is 3.68. The molecular weight excluding hydrogens is 1310 g/mol. The molecule has 480 valence electrons. The van der Waals surface area contributed by atoms with Crippen LogP contribution in [0.2, 0.25) is 0 Å². The van der Waals surface area contributed by atoms with Gasteiger partial charge in [0.25, 0.3) is 0 Å². The first-order valence-electron chi connectivity index (χ1n) is 28.9. The van der Waals surface area contributed by atoms with Crippen LogP contribution in [0, 0.1) is 0 Å². The van der Waals surface area contributed by atoms with Gasteiger partial charge in [0.05, 0.1) is 19.9 Å². The third-order valence-electron chi connectivity index (χ3n) is 10.5. The first-order chi connectivity index (χ1) is 43.6. The quantitative estimate of drug-likeness (QED) is 0.00969. The predicted molar refractivity (Wildman–Crippen MR) is 369 cm³/mol. The number of thioether (sulfide) groups is 9. The van der Waals surface area contributed by atoms with Gasteiger partial charge in [-0.15, -0.1) is 0 Å². The number of hydrogen-bond acceptors (Lipinski definition) is 40. The number of aryl methyl sites for hydroxylation is 1. The summed E-state index contributed by atoms with van der Waals surface area (Å²) < 4.78 is 0. The van der Waals surface area contributed by atoms with Gasteiger partial charge in [0.15, 0.2) is 52.2 Å². The van der Waals surface area contributed by atoms with Crippen LogP contribution < -0.4 is 53.2 Å². The van der Waals surface area contributed by atoms with E-state index in [9.17, 15) is 0 Å². The Kier molecular flexibility index (Phi) is 31.9. The van der Waals surface area contributed by atoms with Crippen molar-refractivity contribution >= 4 is 165 Å². The summed E-state index contributed by atoms with van der Waals surface area (Å²) in [6.07, 6.45) is 1.13. The van der Waals surface area contributed by atoms with Crippen molar-refractivity contribution in [1.29, 1.82) is 0 Å². The van der Waals surface area contributed by atoms with Crippen LogP contribution >= 0.6 is 106 Å². The van der Waals surface area contributed by atoms with E-state index < -0.39 is 0 Å². The molecule has 7 heterocycles. The van der Waals surface area contributed by atoms with E-state index in [2.05, 4.69) is 186 Å². The minimum absolute atomic E-state index is 0.171. The summed E-state index contributed by atoms with van der Waals surface area (Å²) in [6.45, 7) is 21.7. The first kappa shape index (κ1) is 70.7. The highest BCUT2D eigenvalue weighted by Gasteiger charge is 2.16. The van der Waals surface area contributed by atoms with Crippen molar-refractivity contribution in [2.45, 2.75) is 128 Å². The van der Waals surface area contributed by atoms with E-state index in [1.54, 1.807) is 70.6 Å². The number of nitrogens with zero attached hydrogens (tertiary/aromatic N) is 21. The molecule has 0 bridgehead atoms. The highest BCUT2D eigenvalue weighted by Crippen LogP contribution is 2.24. The highest BCUT2D eigenvalue weighted by molar-refractivity contribution is 8.01. The molecule has 0 fully saturated rings. The van der Waals surface area contributed by atoms with E-state index in [-0.39, 0.29) is 13.3 Å². The Morgan fingerprint density at radius 1 is 0.213 bits per heavy atom. The standard InChI is InChI=1S/C49H75N31S9/c1-10-81-41-62-30(63-42(78-41)82-11-2)26-55-36-67-39(75-45(73-36)85-14-5)57-27-56-37-61-29(20-19-21-50-32-65-33(69-43(68-32)83-12-3)52-24-25-54-35-71-46(86-15-6)79-47(72-35)87-16-7)60-31(64-37)51-22-23-53-34-66-38(74-44(70-34)84-13-4)58-28-59-40-76-48(88-17-8)80-49(77-40)89-18-9/h10-28H2,1-9H3,(H,54,71,72,79)(H,59,76,77,80)(H2,50,52,65,68,69)(H2,51,56,60,61,64)(H2,53,58,66,70,74)(H2,55,57,67,73,75). The van der Waals surface area contributed by atoms with E-state index in [0.29, 0.717) is 170 Å². The Morgan fingerprint density at radius 2 is 0.438 bits per heavy atom. The van der Waals surface area contributed by atoms with Crippen LogP contribution in [-0.4, -0.2) is 203 Å². The Hall–Kier alpha value is -5.78. The number of rotatable bonds is 44. The van der Waals surface area contributed by atoms with Crippen molar-refractivity contribution in [3.05, 3.63) is 11.6 Å². The molecule has 0 saturated carbocycles. The van der Waals surface area contributed by atoms with E-state index >= 15 is 0 Å². The third kappa shape index (κ3) is 25.8. The second-order valence-electron chi connectivity index (χ2n) is 17.0. The molecule has 0 unspecified atom stereocenters. The number of hydrogen-bond donors (Lipinski definition) is 10. The lowest BCUT2D eigenvalue weighted by molar-refractivity contribution is 0.738. The summed E-state index contributed by atoms with van der Waals surface area (Å²) >= 11 is 14.0. The predicted octanol–water partition coefficient (Wildman–Crippen LogP) is 8.66. The van der Waals surface area contributed by atoms with Crippen molar-refractivity contribution in [2.24, 2.45) is 0 Å². The number of anilines is 10. The normalized spacial score (nSPS) is 11.1. The molecule has 40 heteroatoms. The van der Waals surface area contributed by atoms with E-state index in [4.69, 9.17) is 19.9 Å². The van der Waals surface area contributed by atoms with Crippen molar-refractivity contribution in [3.8, 4) is 0 Å². The zero-order chi connectivity index (χ0) is 62.8. The summed E-state index contributed by atoms with van der Waals surface area (Å²) in [5, 5.41) is 38.9. The van der Waals surface area contributed by atoms with Crippen molar-refractivity contribution in [3.63, 3.8) is 0 Å². The lowest BCUT2D eigenvalue weighted by Crippen LogP contribution is -2.21. The smallest absolute Gasteiger partial charge is 0.229 e. The van der Waals surface area contributed by atoms with Gasteiger partial charge < -0.3 is 53.2 Å². The lowest BCUT2D eigenvalue weighted by Gasteiger charge is -2.13. The van der Waals surface area contributed by atoms with Gasteiger partial charge >= 0.3 is 0 Å². The van der Waals surface area contributed by atoms with Crippen LogP contribution in [-0.2, 0) is 13.0 Å². The summed E-state index contributed by atoms with van der Waals surface area (Å²) in [4.78, 5) is 97.6. The van der Waals surface area contributed by atoms with Gasteiger partial charge in [0.2, 0.25) is 59.5 Å². The summed E-state index contributed by atoms with van der Waals surface area (Å²) in [6, 6.07) is 0. The van der Waals surface area contributed by atoms with Gasteiger partial charge in [-0.1, -0.05) is 168 Å². The molecule has 0 amide bonds. The van der Waals surface area contributed by atoms with E-state index in [0.717, 1.165) is 51.8 Å². The zero-order valence-electron chi connectivity index (χ0n) is 51.0. The Balaban J connectivity index is 1.00. The second kappa shape index (κ2) is 40.2. The zero-order valence-corrected chi connectivity index (χ0v) is 58.3. The van der Waals surface area contributed by atoms with Crippen LogP contribution in [0.25, 0.3) is 0 Å². The van der Waals surface area contributed by atoms with Gasteiger partial charge in [0, 0.05) is 39.1 Å². The van der Waals surface area contributed by atoms with Crippen molar-refractivity contribution < 1.29 is 0 Å². The topological polar surface area (TPSA) is 391 Å². The van der Waals surface area contributed by atoms with Crippen molar-refractivity contribution in [1.82, 2.24) is 105 Å². The molecule has 89 heavy (non-hydrogen) atoms. The minimum atomic E-state index is 0.171. The SMILES string of the molecule is CCSc1nc(NCCCc2nc(NCCNc3nc(NCNc4nc(SCC)nc(SCC)n4)nc(SCC)n3)nc(NCNc3nc(NCc4nc(SCC)nc(SCC)n4)nc(SCC)n3)n2)nc(NCCNc2nc(SCC)nc(SCC)n2)n1. The van der Waals surface area contributed by atoms with Crippen LogP contribution in [0.4, 0.5) is 59.5 Å². The fourth-order valence-electron chi connectivity index (χ4n) is 6.97. The summed E-state index contributed by atoms with van der Waals surface area (Å²) in [7, 11) is 0. The molecule has 7 rings (SSSR count). The second-order valence-corrected chi connectivity index (χ2v) is 28.1. The molecule has 0 atom stereocenters. The lowest BCUT2D eigenvalue weighted by atomic mass is 10.3. The maximum Gasteiger partial charge on any atom is 0.229 e. The maximum absolute atomic E-state index is 4.83. The maximum atomic E-state index is 4.83. The Morgan fingerprint density at radius 3 is 0.753 bits per heavy atom. The first-order valence-corrected chi connectivity index (χ1v) is 37.8. The van der Waals surface area contributed by atoms with Gasteiger partial charge in [-0.05, 0) is 58.2 Å². The highest BCUT2D eigenvalue weighted by atomic mass is 32.2. The Labute approximate surface area is 556 Å². The average molecular weight is 1390 g/mol. The molecule has 0 spiro atoms. The molecule has 7 aromatic rings. The van der Waals surface area contributed by atoms with Gasteiger partial charge in [-0.3, -0.25) is 0 Å². The molecule has 7 aromatic heterocycles. The molecule has 0 aromatic carbocycles. The van der Waals surface area contributed by atoms with Crippen LogP contribution in [0.5, 0.6) is 0 Å². The van der Waals surface area contributed by atoms with Gasteiger partial charge in [-0.2, -0.15) is 94.7 Å². The summed E-state index contributed by atoms with van der Waals surface area (Å²) in [5.74, 6) is 12.7. The number of nitrogens with one attached hydrogen (secondary N) is 10. The van der Waals surface area contributed by atoms with E-state index in [1.807, 2.05) is 13.8 Å². The fraction of sp³-hybridized carbons (Fsp3) is 0.571. The molecule has 10 N–H and O–H groups in total. The molecule has 0 aliphatic rings. The van der Waals surface area contributed by atoms with Gasteiger partial charge in [-0.25, -0.2) is 9.97 Å². The third-order valence-corrected chi connectivity index (χ3v) is 17.0. The van der Waals surface area contributed by atoms with Crippen LogP contribution in [0.1, 0.15) is 80.4 Å².